The van der Waals surface area contributed by atoms with E-state index in [1.807, 2.05) is 12.1 Å². The van der Waals surface area contributed by atoms with Crippen molar-refractivity contribution in [2.75, 3.05) is 0 Å². The van der Waals surface area contributed by atoms with Gasteiger partial charge < -0.3 is 9.84 Å². The molecule has 0 saturated heterocycles. The summed E-state index contributed by atoms with van der Waals surface area (Å²) in [6, 6.07) is 7.40. The standard InChI is InChI=1S/C12H15O3/c1-12(2,3)9-4-6-10(7-5-9)15-8-11(13)14/h4-8H,1-3H3,(H,13,14). The summed E-state index contributed by atoms with van der Waals surface area (Å²) in [6.07, 6.45) is 0. The lowest BCUT2D eigenvalue weighted by Crippen LogP contribution is -2.10. The van der Waals surface area contributed by atoms with Crippen LogP contribution in [0.3, 0.4) is 0 Å². The highest BCUT2D eigenvalue weighted by molar-refractivity contribution is 5.75. The number of carboxylic acid groups (broad SMARTS) is 1. The molecule has 81 valence electrons. The van der Waals surface area contributed by atoms with Crippen LogP contribution in [0.4, 0.5) is 0 Å². The zero-order valence-electron chi connectivity index (χ0n) is 9.15. The first-order valence-electron chi connectivity index (χ1n) is 4.73. The molecule has 1 N–H and O–H groups in total. The smallest absolute Gasteiger partial charge is 0.349 e. The van der Waals surface area contributed by atoms with Gasteiger partial charge in [-0.25, -0.2) is 4.79 Å². The number of carboxylic acids is 1. The van der Waals surface area contributed by atoms with E-state index in [4.69, 9.17) is 9.84 Å². The molecule has 0 fully saturated rings. The van der Waals surface area contributed by atoms with Gasteiger partial charge in [0.1, 0.15) is 5.75 Å². The van der Waals surface area contributed by atoms with Gasteiger partial charge in [-0.1, -0.05) is 32.9 Å². The van der Waals surface area contributed by atoms with Crippen LogP contribution in [0.5, 0.6) is 5.75 Å². The molecule has 0 saturated carbocycles. The number of benzene rings is 1. The molecule has 0 unspecified atom stereocenters. The molecular weight excluding hydrogens is 192 g/mol. The second-order valence-electron chi connectivity index (χ2n) is 4.35. The number of hydrogen-bond donors (Lipinski definition) is 1. The summed E-state index contributed by atoms with van der Waals surface area (Å²) < 4.78 is 4.91. The molecule has 0 atom stereocenters. The van der Waals surface area contributed by atoms with E-state index in [1.165, 1.54) is 5.56 Å². The average molecular weight is 207 g/mol. The zero-order valence-corrected chi connectivity index (χ0v) is 9.15. The minimum Gasteiger partial charge on any atom is -0.478 e. The summed E-state index contributed by atoms with van der Waals surface area (Å²) in [7, 11) is 0. The van der Waals surface area contributed by atoms with Crippen molar-refractivity contribution in [2.45, 2.75) is 26.2 Å². The fourth-order valence-electron chi connectivity index (χ4n) is 1.15. The van der Waals surface area contributed by atoms with Crippen LogP contribution in [0, 0.1) is 6.61 Å². The molecule has 1 rings (SSSR count). The summed E-state index contributed by atoms with van der Waals surface area (Å²) in [5, 5.41) is 8.38. The van der Waals surface area contributed by atoms with Crippen LogP contribution >= 0.6 is 0 Å². The fraction of sp³-hybridized carbons (Fsp3) is 0.333. The van der Waals surface area contributed by atoms with Gasteiger partial charge in [0.15, 0.2) is 0 Å². The van der Waals surface area contributed by atoms with Gasteiger partial charge in [-0.15, -0.1) is 0 Å². The Labute approximate surface area is 89.7 Å². The minimum atomic E-state index is -1.09. The molecular formula is C12H15O3. The Hall–Kier alpha value is -1.51. The number of rotatable bonds is 3. The van der Waals surface area contributed by atoms with E-state index in [-0.39, 0.29) is 5.41 Å². The number of carbonyl (C=O) groups is 1. The number of aliphatic carboxylic acids is 1. The highest BCUT2D eigenvalue weighted by atomic mass is 16.5. The lowest BCUT2D eigenvalue weighted by atomic mass is 9.87. The van der Waals surface area contributed by atoms with Crippen LogP contribution in [0.25, 0.3) is 0 Å². The lowest BCUT2D eigenvalue weighted by molar-refractivity contribution is -0.135. The number of hydrogen-bond acceptors (Lipinski definition) is 2. The van der Waals surface area contributed by atoms with Crippen LogP contribution in [0.15, 0.2) is 24.3 Å². The van der Waals surface area contributed by atoms with E-state index >= 15 is 0 Å². The average Bonchev–Trinajstić information content (AvgIpc) is 2.14. The summed E-state index contributed by atoms with van der Waals surface area (Å²) in [4.78, 5) is 10.2. The van der Waals surface area contributed by atoms with Gasteiger partial charge in [0.2, 0.25) is 6.61 Å². The molecule has 15 heavy (non-hydrogen) atoms. The van der Waals surface area contributed by atoms with E-state index in [1.54, 1.807) is 12.1 Å². The van der Waals surface area contributed by atoms with Crippen molar-refractivity contribution in [2.24, 2.45) is 0 Å². The Kier molecular flexibility index (Phi) is 3.35. The lowest BCUT2D eigenvalue weighted by Gasteiger charge is -2.18. The summed E-state index contributed by atoms with van der Waals surface area (Å²) >= 11 is 0. The predicted octanol–water partition coefficient (Wildman–Crippen LogP) is 2.61. The second kappa shape index (κ2) is 4.34. The Bertz CT molecular complexity index is 333. The van der Waals surface area contributed by atoms with Gasteiger partial charge in [-0.2, -0.15) is 0 Å². The Morgan fingerprint density at radius 1 is 1.27 bits per heavy atom. The molecule has 1 aromatic rings. The monoisotopic (exact) mass is 207 g/mol. The van der Waals surface area contributed by atoms with E-state index in [0.29, 0.717) is 5.75 Å². The van der Waals surface area contributed by atoms with Crippen molar-refractivity contribution in [3.63, 3.8) is 0 Å². The van der Waals surface area contributed by atoms with Crippen LogP contribution in [0.2, 0.25) is 0 Å². The van der Waals surface area contributed by atoms with E-state index in [9.17, 15) is 4.79 Å². The van der Waals surface area contributed by atoms with Crippen molar-refractivity contribution < 1.29 is 14.6 Å². The van der Waals surface area contributed by atoms with Gasteiger partial charge in [0, 0.05) is 0 Å². The van der Waals surface area contributed by atoms with E-state index < -0.39 is 5.97 Å². The third-order valence-electron chi connectivity index (χ3n) is 2.02. The Balaban J connectivity index is 2.69. The molecule has 0 bridgehead atoms. The minimum absolute atomic E-state index is 0.0923. The molecule has 0 heterocycles. The van der Waals surface area contributed by atoms with Crippen LogP contribution in [-0.2, 0) is 10.2 Å². The van der Waals surface area contributed by atoms with E-state index in [0.717, 1.165) is 6.61 Å². The molecule has 3 nitrogen and oxygen atoms in total. The highest BCUT2D eigenvalue weighted by Crippen LogP contribution is 2.24. The maximum atomic E-state index is 10.2. The second-order valence-corrected chi connectivity index (χ2v) is 4.35. The first-order chi connectivity index (χ1) is 6.89. The zero-order chi connectivity index (χ0) is 11.5. The molecule has 0 aliphatic heterocycles. The van der Waals surface area contributed by atoms with Gasteiger partial charge >= 0.3 is 5.97 Å². The normalized spacial score (nSPS) is 11.1. The Morgan fingerprint density at radius 2 is 1.80 bits per heavy atom. The quantitative estimate of drug-likeness (QED) is 0.828. The van der Waals surface area contributed by atoms with Gasteiger partial charge in [0.25, 0.3) is 0 Å². The van der Waals surface area contributed by atoms with Crippen molar-refractivity contribution in [3.8, 4) is 5.75 Å². The molecule has 1 aromatic carbocycles. The summed E-state index contributed by atoms with van der Waals surface area (Å²) in [5.41, 5.74) is 1.28. The molecule has 0 amide bonds. The van der Waals surface area contributed by atoms with Gasteiger partial charge in [0.05, 0.1) is 0 Å². The number of ether oxygens (including phenoxy) is 1. The fourth-order valence-corrected chi connectivity index (χ4v) is 1.15. The molecule has 0 aliphatic rings. The highest BCUT2D eigenvalue weighted by Gasteiger charge is 2.13. The van der Waals surface area contributed by atoms with Gasteiger partial charge in [-0.3, -0.25) is 0 Å². The third kappa shape index (κ3) is 3.62. The molecule has 3 heteroatoms. The van der Waals surface area contributed by atoms with Crippen molar-refractivity contribution in [1.82, 2.24) is 0 Å². The van der Waals surface area contributed by atoms with Crippen LogP contribution < -0.4 is 4.74 Å². The maximum absolute atomic E-state index is 10.2. The SMILES string of the molecule is CC(C)(C)c1ccc(O[CH]C(=O)O)cc1. The maximum Gasteiger partial charge on any atom is 0.349 e. The van der Waals surface area contributed by atoms with Crippen molar-refractivity contribution in [1.29, 1.82) is 0 Å². The Morgan fingerprint density at radius 3 is 2.20 bits per heavy atom. The first kappa shape index (κ1) is 11.6. The van der Waals surface area contributed by atoms with Crippen molar-refractivity contribution in [3.05, 3.63) is 36.4 Å². The largest absolute Gasteiger partial charge is 0.478 e. The van der Waals surface area contributed by atoms with E-state index in [2.05, 4.69) is 20.8 Å². The van der Waals surface area contributed by atoms with Gasteiger partial charge in [-0.05, 0) is 23.1 Å². The molecule has 0 aromatic heterocycles. The first-order valence-corrected chi connectivity index (χ1v) is 4.73. The van der Waals surface area contributed by atoms with Crippen LogP contribution in [0.1, 0.15) is 26.3 Å². The topological polar surface area (TPSA) is 46.5 Å². The third-order valence-corrected chi connectivity index (χ3v) is 2.02. The summed E-state index contributed by atoms with van der Waals surface area (Å²) in [5.74, 6) is -0.555. The molecule has 0 spiro atoms. The summed E-state index contributed by atoms with van der Waals surface area (Å²) in [6.45, 7) is 7.12. The molecule has 1 radical (unpaired) electrons. The molecule has 0 aliphatic carbocycles. The van der Waals surface area contributed by atoms with Crippen LogP contribution in [-0.4, -0.2) is 11.1 Å². The van der Waals surface area contributed by atoms with Crippen molar-refractivity contribution >= 4 is 5.97 Å². The predicted molar refractivity (Wildman–Crippen MR) is 57.7 cm³/mol.